The number of aryl methyl sites for hydroxylation is 1. The fourth-order valence-corrected chi connectivity index (χ4v) is 6.86. The first kappa shape index (κ1) is 24.3. The van der Waals surface area contributed by atoms with Gasteiger partial charge in [0.1, 0.15) is 0 Å². The van der Waals surface area contributed by atoms with Gasteiger partial charge in [-0.05, 0) is 70.2 Å². The lowest BCUT2D eigenvalue weighted by Gasteiger charge is -2.28. The Morgan fingerprint density at radius 2 is 1.54 bits per heavy atom. The molecule has 0 amide bonds. The van der Waals surface area contributed by atoms with Crippen molar-refractivity contribution < 1.29 is 13.2 Å². The highest BCUT2D eigenvalue weighted by Crippen LogP contribution is 2.34. The summed E-state index contributed by atoms with van der Waals surface area (Å²) in [5.41, 5.74) is 5.23. The summed E-state index contributed by atoms with van der Waals surface area (Å²) in [4.78, 5) is 2.72. The molecule has 0 bridgehead atoms. The average Bonchev–Trinajstić information content (AvgIpc) is 3.51. The number of aromatic nitrogens is 1. The van der Waals surface area contributed by atoms with Crippen LogP contribution in [-0.4, -0.2) is 81.0 Å². The van der Waals surface area contributed by atoms with Crippen LogP contribution in [0, 0.1) is 13.8 Å². The minimum absolute atomic E-state index is 0.341. The number of sulfonamides is 1. The summed E-state index contributed by atoms with van der Waals surface area (Å²) in [5.74, 6) is 0. The highest BCUT2D eigenvalue weighted by atomic mass is 32.2. The van der Waals surface area contributed by atoms with Gasteiger partial charge >= 0.3 is 0 Å². The molecule has 190 valence electrons. The lowest BCUT2D eigenvalue weighted by Crippen LogP contribution is -2.40. The molecule has 0 spiro atoms. The normalized spacial score (nSPS) is 20.3. The van der Waals surface area contributed by atoms with Gasteiger partial charge in [0.2, 0.25) is 10.0 Å². The van der Waals surface area contributed by atoms with E-state index in [4.69, 9.17) is 9.84 Å². The highest BCUT2D eigenvalue weighted by Gasteiger charge is 2.28. The molecule has 0 saturated carbocycles. The van der Waals surface area contributed by atoms with Crippen LogP contribution < -0.4 is 4.90 Å². The lowest BCUT2D eigenvalue weighted by atomic mass is 10.2. The van der Waals surface area contributed by atoms with E-state index in [1.807, 2.05) is 18.3 Å². The summed E-state index contributed by atoms with van der Waals surface area (Å²) in [6.45, 7) is 9.85. The molecule has 3 aliphatic heterocycles. The van der Waals surface area contributed by atoms with E-state index in [0.717, 1.165) is 67.3 Å². The van der Waals surface area contributed by atoms with Crippen molar-refractivity contribution in [3.63, 3.8) is 0 Å². The van der Waals surface area contributed by atoms with Gasteiger partial charge in [-0.2, -0.15) is 9.41 Å². The van der Waals surface area contributed by atoms with Gasteiger partial charge in [-0.3, -0.25) is 5.01 Å². The zero-order valence-electron chi connectivity index (χ0n) is 20.9. The number of ether oxygens (including phenoxy) is 1. The number of morpholine rings is 1. The van der Waals surface area contributed by atoms with Crippen LogP contribution in [-0.2, 0) is 14.8 Å². The third-order valence-electron chi connectivity index (χ3n) is 7.41. The molecule has 8 nitrogen and oxygen atoms in total. The number of anilines is 1. The summed E-state index contributed by atoms with van der Waals surface area (Å²) in [6.07, 6.45) is 7.95. The number of hydrazone groups is 1. The Balaban J connectivity index is 1.55. The second-order valence-electron chi connectivity index (χ2n) is 9.78. The van der Waals surface area contributed by atoms with Gasteiger partial charge in [0.15, 0.2) is 0 Å². The summed E-state index contributed by atoms with van der Waals surface area (Å²) >= 11 is 0. The summed E-state index contributed by atoms with van der Waals surface area (Å²) in [6, 6.07) is 7.78. The van der Waals surface area contributed by atoms with Gasteiger partial charge in [0, 0.05) is 56.2 Å². The maximum Gasteiger partial charge on any atom is 0.243 e. The molecule has 0 aliphatic carbocycles. The van der Waals surface area contributed by atoms with Crippen LogP contribution >= 0.6 is 0 Å². The maximum atomic E-state index is 13.5. The molecule has 0 radical (unpaired) electrons. The summed E-state index contributed by atoms with van der Waals surface area (Å²) in [7, 11) is -3.59. The molecule has 5 rings (SSSR count). The van der Waals surface area contributed by atoms with Gasteiger partial charge in [-0.15, -0.1) is 0 Å². The van der Waals surface area contributed by atoms with Gasteiger partial charge in [-0.25, -0.2) is 8.42 Å². The molecular weight excluding hydrogens is 462 g/mol. The van der Waals surface area contributed by atoms with Crippen LogP contribution in [0.3, 0.4) is 0 Å². The first-order chi connectivity index (χ1) is 16.9. The fraction of sp³-hybridized carbons (Fsp3) is 0.577. The topological polar surface area (TPSA) is 70.4 Å². The second-order valence-corrected chi connectivity index (χ2v) is 11.7. The Bertz CT molecular complexity index is 1170. The van der Waals surface area contributed by atoms with Crippen LogP contribution in [0.25, 0.3) is 5.69 Å². The van der Waals surface area contributed by atoms with E-state index >= 15 is 0 Å². The van der Waals surface area contributed by atoms with Crippen molar-refractivity contribution in [2.24, 2.45) is 5.10 Å². The minimum atomic E-state index is -3.59. The van der Waals surface area contributed by atoms with Crippen LogP contribution in [0.5, 0.6) is 0 Å². The molecule has 0 N–H and O–H groups in total. The molecule has 9 heteroatoms. The Kier molecular flexibility index (Phi) is 7.18. The highest BCUT2D eigenvalue weighted by molar-refractivity contribution is 7.89. The van der Waals surface area contributed by atoms with Crippen molar-refractivity contribution in [2.75, 3.05) is 57.4 Å². The summed E-state index contributed by atoms with van der Waals surface area (Å²) in [5, 5.41) is 6.90. The fourth-order valence-electron chi connectivity index (χ4n) is 5.43. The third kappa shape index (κ3) is 4.99. The molecule has 35 heavy (non-hydrogen) atoms. The van der Waals surface area contributed by atoms with Crippen molar-refractivity contribution in [1.29, 1.82) is 0 Å². The number of hydrogen-bond acceptors (Lipinski definition) is 6. The van der Waals surface area contributed by atoms with Crippen molar-refractivity contribution >= 4 is 21.9 Å². The van der Waals surface area contributed by atoms with E-state index in [1.165, 1.54) is 23.6 Å². The second kappa shape index (κ2) is 10.3. The Hall–Kier alpha value is -2.36. The van der Waals surface area contributed by atoms with Crippen LogP contribution in [0.2, 0.25) is 0 Å². The molecular formula is C26H37N5O3S. The maximum absolute atomic E-state index is 13.5. The van der Waals surface area contributed by atoms with Gasteiger partial charge < -0.3 is 14.2 Å². The molecule has 3 aliphatic rings. The van der Waals surface area contributed by atoms with Gasteiger partial charge in [0.05, 0.1) is 35.7 Å². The van der Waals surface area contributed by atoms with Crippen molar-refractivity contribution in [3.8, 4) is 5.69 Å². The van der Waals surface area contributed by atoms with E-state index in [0.29, 0.717) is 31.2 Å². The number of piperidine rings is 1. The quantitative estimate of drug-likeness (QED) is 0.569. The molecule has 1 aromatic carbocycles. The standard InChI is InChI=1S/C26H37N5O3S/c1-21-18-23(20-27-29-12-4-3-5-13-29)22(2)31(21)26-19-24(8-9-25(26)28-10-6-7-11-28)35(32,33)30-14-16-34-17-15-30/h8-9,18-20H,3-7,10-17H2,1-2H3. The monoisotopic (exact) mass is 499 g/mol. The first-order valence-electron chi connectivity index (χ1n) is 12.9. The van der Waals surface area contributed by atoms with Crippen LogP contribution in [0.4, 0.5) is 5.69 Å². The number of rotatable bonds is 6. The van der Waals surface area contributed by atoms with Crippen molar-refractivity contribution in [1.82, 2.24) is 13.9 Å². The summed E-state index contributed by atoms with van der Waals surface area (Å²) < 4.78 is 36.1. The van der Waals surface area contributed by atoms with E-state index in [1.54, 1.807) is 6.07 Å². The third-order valence-corrected chi connectivity index (χ3v) is 9.30. The number of nitrogens with zero attached hydrogens (tertiary/aromatic N) is 5. The Labute approximate surface area is 209 Å². The molecule has 0 unspecified atom stereocenters. The first-order valence-corrected chi connectivity index (χ1v) is 14.3. The average molecular weight is 500 g/mol. The Morgan fingerprint density at radius 3 is 2.26 bits per heavy atom. The predicted octanol–water partition coefficient (Wildman–Crippen LogP) is 3.54. The molecule has 4 heterocycles. The van der Waals surface area contributed by atoms with Crippen LogP contribution in [0.15, 0.2) is 34.3 Å². The smallest absolute Gasteiger partial charge is 0.243 e. The van der Waals surface area contributed by atoms with E-state index in [-0.39, 0.29) is 0 Å². The predicted molar refractivity (Wildman–Crippen MR) is 139 cm³/mol. The SMILES string of the molecule is Cc1cc(C=NN2CCCCC2)c(C)n1-c1cc(S(=O)(=O)N2CCOCC2)ccc1N1CCCC1. The molecule has 3 fully saturated rings. The molecule has 0 atom stereocenters. The van der Waals surface area contributed by atoms with Gasteiger partial charge in [-0.1, -0.05) is 0 Å². The number of benzene rings is 1. The largest absolute Gasteiger partial charge is 0.379 e. The molecule has 2 aromatic rings. The molecule has 1 aromatic heterocycles. The Morgan fingerprint density at radius 1 is 0.857 bits per heavy atom. The minimum Gasteiger partial charge on any atom is -0.379 e. The van der Waals surface area contributed by atoms with Gasteiger partial charge in [0.25, 0.3) is 0 Å². The van der Waals surface area contributed by atoms with E-state index in [2.05, 4.69) is 34.4 Å². The van der Waals surface area contributed by atoms with Crippen molar-refractivity contribution in [2.45, 2.75) is 50.8 Å². The number of hydrogen-bond donors (Lipinski definition) is 0. The lowest BCUT2D eigenvalue weighted by molar-refractivity contribution is 0.0730. The van der Waals surface area contributed by atoms with E-state index < -0.39 is 10.0 Å². The zero-order valence-corrected chi connectivity index (χ0v) is 21.8. The zero-order chi connectivity index (χ0) is 24.4. The molecule has 3 saturated heterocycles. The van der Waals surface area contributed by atoms with Crippen LogP contribution in [0.1, 0.15) is 49.1 Å². The van der Waals surface area contributed by atoms with Crippen molar-refractivity contribution in [3.05, 3.63) is 41.2 Å². The van der Waals surface area contributed by atoms with E-state index in [9.17, 15) is 8.42 Å².